The normalized spacial score (nSPS) is 10.3. The van der Waals surface area contributed by atoms with E-state index in [9.17, 15) is 9.59 Å². The first-order valence-electron chi connectivity index (χ1n) is 8.74. The Hall–Kier alpha value is -2.89. The minimum Gasteiger partial charge on any atom is -0.497 e. The molecule has 0 fully saturated rings. The highest BCUT2D eigenvalue weighted by atomic mass is 16.5. The zero-order valence-electron chi connectivity index (χ0n) is 15.5. The number of hydrogen-bond acceptors (Lipinski definition) is 4. The van der Waals surface area contributed by atoms with Crippen LogP contribution in [0, 0.1) is 0 Å². The van der Waals surface area contributed by atoms with Gasteiger partial charge in [-0.25, -0.2) is 0 Å². The number of hydrogen-bond donors (Lipinski definition) is 1. The van der Waals surface area contributed by atoms with Crippen LogP contribution in [0.4, 0.5) is 0 Å². The Kier molecular flexibility index (Phi) is 7.14. The van der Waals surface area contributed by atoms with Gasteiger partial charge < -0.3 is 15.0 Å². The van der Waals surface area contributed by atoms with Gasteiger partial charge in [0.15, 0.2) is 0 Å². The van der Waals surface area contributed by atoms with Crippen LogP contribution in [0.3, 0.4) is 0 Å². The smallest absolute Gasteiger partial charge is 0.255 e. The Morgan fingerprint density at radius 1 is 1.08 bits per heavy atom. The monoisotopic (exact) mass is 355 g/mol. The first kappa shape index (κ1) is 19.4. The summed E-state index contributed by atoms with van der Waals surface area (Å²) in [6.45, 7) is 5.58. The Bertz CT molecular complexity index is 740. The van der Waals surface area contributed by atoms with Gasteiger partial charge in [-0.05, 0) is 44.0 Å². The zero-order chi connectivity index (χ0) is 18.9. The number of ether oxygens (including phenoxy) is 1. The largest absolute Gasteiger partial charge is 0.497 e. The van der Waals surface area contributed by atoms with E-state index in [2.05, 4.69) is 10.3 Å². The van der Waals surface area contributed by atoms with E-state index >= 15 is 0 Å². The average molecular weight is 355 g/mol. The molecule has 0 aliphatic heterocycles. The molecule has 0 aliphatic rings. The molecule has 0 bridgehead atoms. The van der Waals surface area contributed by atoms with E-state index in [-0.39, 0.29) is 11.8 Å². The quantitative estimate of drug-likeness (QED) is 0.790. The van der Waals surface area contributed by atoms with Crippen molar-refractivity contribution in [2.24, 2.45) is 0 Å². The fraction of sp³-hybridized carbons (Fsp3) is 0.350. The van der Waals surface area contributed by atoms with E-state index in [1.807, 2.05) is 38.1 Å². The molecule has 6 heteroatoms. The second-order valence-electron chi connectivity index (χ2n) is 5.79. The molecular formula is C20H25N3O3. The molecule has 1 heterocycles. The van der Waals surface area contributed by atoms with Crippen LogP contribution in [0.15, 0.2) is 42.7 Å². The Morgan fingerprint density at radius 2 is 1.73 bits per heavy atom. The molecule has 0 saturated heterocycles. The lowest BCUT2D eigenvalue weighted by molar-refractivity contribution is 0.0772. The van der Waals surface area contributed by atoms with Crippen molar-refractivity contribution in [3.8, 4) is 5.75 Å². The zero-order valence-corrected chi connectivity index (χ0v) is 15.5. The van der Waals surface area contributed by atoms with Crippen molar-refractivity contribution in [1.82, 2.24) is 15.2 Å². The summed E-state index contributed by atoms with van der Waals surface area (Å²) in [6, 6.07) is 9.31. The molecule has 0 saturated carbocycles. The van der Waals surface area contributed by atoms with Gasteiger partial charge in [0.25, 0.3) is 11.8 Å². The average Bonchev–Trinajstić information content (AvgIpc) is 2.69. The second-order valence-corrected chi connectivity index (χ2v) is 5.79. The van der Waals surface area contributed by atoms with E-state index in [0.717, 1.165) is 11.3 Å². The number of rotatable bonds is 8. The van der Waals surface area contributed by atoms with E-state index in [4.69, 9.17) is 4.74 Å². The van der Waals surface area contributed by atoms with Crippen molar-refractivity contribution in [3.05, 3.63) is 59.4 Å². The number of amides is 2. The summed E-state index contributed by atoms with van der Waals surface area (Å²) in [7, 11) is 1.63. The lowest BCUT2D eigenvalue weighted by atomic mass is 10.1. The molecule has 2 aromatic rings. The molecule has 2 amide bonds. The Morgan fingerprint density at radius 3 is 2.35 bits per heavy atom. The van der Waals surface area contributed by atoms with Crippen molar-refractivity contribution < 1.29 is 14.3 Å². The third kappa shape index (κ3) is 5.05. The van der Waals surface area contributed by atoms with Gasteiger partial charge in [0.05, 0.1) is 18.2 Å². The van der Waals surface area contributed by atoms with Crippen molar-refractivity contribution in [2.75, 3.05) is 26.7 Å². The molecule has 0 unspecified atom stereocenters. The summed E-state index contributed by atoms with van der Waals surface area (Å²) in [6.07, 6.45) is 3.68. The number of carbonyl (C=O) groups is 2. The number of benzene rings is 1. The van der Waals surface area contributed by atoms with Crippen LogP contribution in [-0.4, -0.2) is 48.4 Å². The van der Waals surface area contributed by atoms with Gasteiger partial charge in [-0.1, -0.05) is 12.1 Å². The lowest BCUT2D eigenvalue weighted by Crippen LogP contribution is -2.31. The summed E-state index contributed by atoms with van der Waals surface area (Å²) in [5, 5.41) is 2.86. The minimum absolute atomic E-state index is 0.115. The van der Waals surface area contributed by atoms with Crippen LogP contribution in [0.2, 0.25) is 0 Å². The third-order valence-electron chi connectivity index (χ3n) is 4.16. The highest BCUT2D eigenvalue weighted by molar-refractivity contribution is 5.99. The molecule has 0 aliphatic carbocycles. The summed E-state index contributed by atoms with van der Waals surface area (Å²) in [4.78, 5) is 30.4. The maximum atomic E-state index is 12.4. The maximum absolute atomic E-state index is 12.4. The highest BCUT2D eigenvalue weighted by Gasteiger charge is 2.15. The number of nitrogens with zero attached hydrogens (tertiary/aromatic N) is 2. The first-order chi connectivity index (χ1) is 12.6. The van der Waals surface area contributed by atoms with Crippen LogP contribution in [-0.2, 0) is 6.42 Å². The van der Waals surface area contributed by atoms with Crippen molar-refractivity contribution in [2.45, 2.75) is 20.3 Å². The van der Waals surface area contributed by atoms with Gasteiger partial charge in [0.1, 0.15) is 5.75 Å². The van der Waals surface area contributed by atoms with Gasteiger partial charge in [-0.15, -0.1) is 0 Å². The van der Waals surface area contributed by atoms with Crippen molar-refractivity contribution in [3.63, 3.8) is 0 Å². The number of nitrogens with one attached hydrogen (secondary N) is 1. The topological polar surface area (TPSA) is 71.5 Å². The number of aromatic nitrogens is 1. The molecule has 0 radical (unpaired) electrons. The van der Waals surface area contributed by atoms with Gasteiger partial charge in [-0.3, -0.25) is 14.6 Å². The van der Waals surface area contributed by atoms with Gasteiger partial charge in [0, 0.05) is 32.0 Å². The number of pyridine rings is 1. The Labute approximate surface area is 154 Å². The summed E-state index contributed by atoms with van der Waals surface area (Å²) >= 11 is 0. The standard InChI is InChI=1S/C20H25N3O3/c1-4-23(5-2)20(25)17-12-16(13-21-14-17)19(24)22-11-10-15-6-8-18(26-3)9-7-15/h6-9,12-14H,4-5,10-11H2,1-3H3,(H,22,24). The highest BCUT2D eigenvalue weighted by Crippen LogP contribution is 2.11. The fourth-order valence-corrected chi connectivity index (χ4v) is 2.59. The molecule has 0 spiro atoms. The molecule has 1 N–H and O–H groups in total. The summed E-state index contributed by atoms with van der Waals surface area (Å²) in [5.74, 6) is 0.453. The fourth-order valence-electron chi connectivity index (χ4n) is 2.59. The van der Waals surface area contributed by atoms with E-state index < -0.39 is 0 Å². The second kappa shape index (κ2) is 9.56. The van der Waals surface area contributed by atoms with Crippen LogP contribution >= 0.6 is 0 Å². The predicted octanol–water partition coefficient (Wildman–Crippen LogP) is 2.54. The van der Waals surface area contributed by atoms with Gasteiger partial charge in [-0.2, -0.15) is 0 Å². The number of carbonyl (C=O) groups excluding carboxylic acids is 2. The van der Waals surface area contributed by atoms with Crippen molar-refractivity contribution >= 4 is 11.8 Å². The van der Waals surface area contributed by atoms with E-state index in [0.29, 0.717) is 37.2 Å². The Balaban J connectivity index is 1.94. The van der Waals surface area contributed by atoms with Crippen LogP contribution in [0.1, 0.15) is 40.1 Å². The molecular weight excluding hydrogens is 330 g/mol. The van der Waals surface area contributed by atoms with E-state index in [1.165, 1.54) is 12.4 Å². The summed E-state index contributed by atoms with van der Waals surface area (Å²) in [5.41, 5.74) is 1.92. The van der Waals surface area contributed by atoms with E-state index in [1.54, 1.807) is 18.1 Å². The van der Waals surface area contributed by atoms with Gasteiger partial charge >= 0.3 is 0 Å². The molecule has 1 aromatic carbocycles. The SMILES string of the molecule is CCN(CC)C(=O)c1cncc(C(=O)NCCc2ccc(OC)cc2)c1. The first-order valence-corrected chi connectivity index (χ1v) is 8.74. The molecule has 26 heavy (non-hydrogen) atoms. The van der Waals surface area contributed by atoms with Gasteiger partial charge in [0.2, 0.25) is 0 Å². The third-order valence-corrected chi connectivity index (χ3v) is 4.16. The van der Waals surface area contributed by atoms with Crippen LogP contribution < -0.4 is 10.1 Å². The predicted molar refractivity (Wildman–Crippen MR) is 101 cm³/mol. The summed E-state index contributed by atoms with van der Waals surface area (Å²) < 4.78 is 5.13. The maximum Gasteiger partial charge on any atom is 0.255 e. The van der Waals surface area contributed by atoms with Crippen LogP contribution in [0.5, 0.6) is 5.75 Å². The molecule has 6 nitrogen and oxygen atoms in total. The molecule has 1 aromatic heterocycles. The minimum atomic E-state index is -0.236. The lowest BCUT2D eigenvalue weighted by Gasteiger charge is -2.18. The number of methoxy groups -OCH3 is 1. The molecule has 2 rings (SSSR count). The molecule has 138 valence electrons. The molecule has 0 atom stereocenters. The van der Waals surface area contributed by atoms with Crippen LogP contribution in [0.25, 0.3) is 0 Å². The van der Waals surface area contributed by atoms with Crippen molar-refractivity contribution in [1.29, 1.82) is 0 Å².